The van der Waals surface area contributed by atoms with Gasteiger partial charge < -0.3 is 0 Å². The second-order valence-electron chi connectivity index (χ2n) is 6.11. The Bertz CT molecular complexity index is 938. The highest BCUT2D eigenvalue weighted by atomic mass is 32.1. The maximum Gasteiger partial charge on any atom is 0.262 e. The average molecular weight is 344 g/mol. The summed E-state index contributed by atoms with van der Waals surface area (Å²) >= 11 is 3.04. The Labute approximate surface area is 141 Å². The van der Waals surface area contributed by atoms with E-state index in [2.05, 4.69) is 11.9 Å². The maximum absolute atomic E-state index is 12.8. The van der Waals surface area contributed by atoms with Crippen molar-refractivity contribution < 1.29 is 4.79 Å². The van der Waals surface area contributed by atoms with Crippen LogP contribution in [-0.2, 0) is 19.4 Å². The van der Waals surface area contributed by atoms with Gasteiger partial charge in [-0.15, -0.1) is 22.7 Å². The van der Waals surface area contributed by atoms with Crippen LogP contribution >= 0.6 is 22.7 Å². The van der Waals surface area contributed by atoms with Gasteiger partial charge in [-0.2, -0.15) is 0 Å². The fraction of sp³-hybridized carbons (Fsp3) is 0.353. The zero-order chi connectivity index (χ0) is 16.0. The Balaban J connectivity index is 1.76. The molecule has 0 amide bonds. The molecule has 0 aromatic carbocycles. The largest absolute Gasteiger partial charge is 0.291 e. The third kappa shape index (κ3) is 2.56. The first kappa shape index (κ1) is 14.8. The molecule has 0 spiro atoms. The summed E-state index contributed by atoms with van der Waals surface area (Å²) in [7, 11) is 0. The minimum atomic E-state index is -0.0769. The third-order valence-electron chi connectivity index (χ3n) is 4.39. The lowest BCUT2D eigenvalue weighted by Crippen LogP contribution is -2.25. The monoisotopic (exact) mass is 344 g/mol. The van der Waals surface area contributed by atoms with Gasteiger partial charge in [0.25, 0.3) is 5.56 Å². The van der Waals surface area contributed by atoms with Gasteiger partial charge in [-0.3, -0.25) is 14.2 Å². The Morgan fingerprint density at radius 2 is 2.35 bits per heavy atom. The zero-order valence-corrected chi connectivity index (χ0v) is 14.4. The number of carbonyl (C=O) groups excluding carboxylic acids is 1. The van der Waals surface area contributed by atoms with Crippen molar-refractivity contribution in [3.8, 4) is 0 Å². The molecule has 0 N–H and O–H groups in total. The summed E-state index contributed by atoms with van der Waals surface area (Å²) in [5.41, 5.74) is 1.09. The van der Waals surface area contributed by atoms with Crippen LogP contribution < -0.4 is 5.56 Å². The topological polar surface area (TPSA) is 52.0 Å². The molecule has 0 aliphatic heterocycles. The lowest BCUT2D eigenvalue weighted by atomic mass is 9.89. The molecule has 118 valence electrons. The predicted octanol–water partition coefficient (Wildman–Crippen LogP) is 3.53. The van der Waals surface area contributed by atoms with Gasteiger partial charge in [-0.25, -0.2) is 4.98 Å². The van der Waals surface area contributed by atoms with E-state index in [1.807, 2.05) is 11.4 Å². The lowest BCUT2D eigenvalue weighted by molar-refractivity contribution is 0.0974. The van der Waals surface area contributed by atoms with Crippen molar-refractivity contribution in [2.24, 2.45) is 5.92 Å². The molecule has 4 nitrogen and oxygen atoms in total. The van der Waals surface area contributed by atoms with Gasteiger partial charge in [-0.05, 0) is 42.2 Å². The van der Waals surface area contributed by atoms with Gasteiger partial charge in [0.2, 0.25) is 0 Å². The van der Waals surface area contributed by atoms with Crippen LogP contribution in [0.4, 0.5) is 0 Å². The van der Waals surface area contributed by atoms with Crippen LogP contribution in [0.15, 0.2) is 28.6 Å². The van der Waals surface area contributed by atoms with Crippen molar-refractivity contribution in [2.45, 2.75) is 32.7 Å². The Hall–Kier alpha value is -1.79. The molecule has 3 heterocycles. The normalized spacial score (nSPS) is 17.3. The number of ketones is 1. The van der Waals surface area contributed by atoms with Crippen molar-refractivity contribution >= 4 is 38.7 Å². The van der Waals surface area contributed by atoms with Crippen molar-refractivity contribution in [1.29, 1.82) is 0 Å². The van der Waals surface area contributed by atoms with Gasteiger partial charge in [-0.1, -0.05) is 13.0 Å². The van der Waals surface area contributed by atoms with Crippen LogP contribution in [0.1, 0.15) is 33.5 Å². The molecule has 6 heteroatoms. The SMILES string of the molecule is C[C@@H]1CCc2c(sc3ncn(CC(=O)c4cccs4)c(=O)c23)C1. The van der Waals surface area contributed by atoms with Gasteiger partial charge >= 0.3 is 0 Å². The minimum absolute atomic E-state index is 0.0408. The van der Waals surface area contributed by atoms with Crippen molar-refractivity contribution in [3.05, 3.63) is 49.5 Å². The number of Topliss-reactive ketones (excluding diaryl/α,β-unsaturated/α-hetero) is 1. The third-order valence-corrected chi connectivity index (χ3v) is 6.47. The molecule has 0 fully saturated rings. The van der Waals surface area contributed by atoms with Gasteiger partial charge in [0.05, 0.1) is 23.1 Å². The smallest absolute Gasteiger partial charge is 0.262 e. The van der Waals surface area contributed by atoms with Crippen molar-refractivity contribution in [1.82, 2.24) is 9.55 Å². The molecule has 0 radical (unpaired) electrons. The highest BCUT2D eigenvalue weighted by molar-refractivity contribution is 7.18. The number of aromatic nitrogens is 2. The summed E-state index contributed by atoms with van der Waals surface area (Å²) in [6.45, 7) is 2.31. The van der Waals surface area contributed by atoms with Crippen LogP contribution in [0.25, 0.3) is 10.2 Å². The quantitative estimate of drug-likeness (QED) is 0.683. The summed E-state index contributed by atoms with van der Waals surface area (Å²) in [5, 5.41) is 2.60. The lowest BCUT2D eigenvalue weighted by Gasteiger charge is -2.17. The first-order chi connectivity index (χ1) is 11.1. The van der Waals surface area contributed by atoms with E-state index in [4.69, 9.17) is 0 Å². The molecular formula is C17H16N2O2S2. The van der Waals surface area contributed by atoms with E-state index >= 15 is 0 Å². The Kier molecular flexibility index (Phi) is 3.66. The predicted molar refractivity (Wildman–Crippen MR) is 93.7 cm³/mol. The summed E-state index contributed by atoms with van der Waals surface area (Å²) in [5.74, 6) is 0.624. The van der Waals surface area contributed by atoms with Gasteiger partial charge in [0.15, 0.2) is 5.78 Å². The average Bonchev–Trinajstić information content (AvgIpc) is 3.16. The number of hydrogen-bond donors (Lipinski definition) is 0. The van der Waals surface area contributed by atoms with E-state index in [1.54, 1.807) is 17.4 Å². The standard InChI is InChI=1S/C17H16N2O2S2/c1-10-4-5-11-14(7-10)23-16-15(11)17(21)19(9-18-16)8-12(20)13-3-2-6-22-13/h2-3,6,9-10H,4-5,7-8H2,1H3/t10-/m1/s1. The van der Waals surface area contributed by atoms with E-state index in [1.165, 1.54) is 32.7 Å². The van der Waals surface area contributed by atoms with Crippen LogP contribution in [0.5, 0.6) is 0 Å². The highest BCUT2D eigenvalue weighted by Gasteiger charge is 2.23. The number of carbonyl (C=O) groups is 1. The molecule has 0 saturated heterocycles. The molecule has 1 atom stereocenters. The molecule has 0 saturated carbocycles. The number of aryl methyl sites for hydroxylation is 1. The Morgan fingerprint density at radius 3 is 3.13 bits per heavy atom. The molecular weight excluding hydrogens is 328 g/mol. The minimum Gasteiger partial charge on any atom is -0.291 e. The molecule has 1 aliphatic rings. The van der Waals surface area contributed by atoms with Gasteiger partial charge in [0.1, 0.15) is 4.83 Å². The number of rotatable bonds is 3. The van der Waals surface area contributed by atoms with E-state index in [0.717, 1.165) is 29.5 Å². The van der Waals surface area contributed by atoms with Crippen LogP contribution in [0, 0.1) is 5.92 Å². The zero-order valence-electron chi connectivity index (χ0n) is 12.7. The maximum atomic E-state index is 12.8. The van der Waals surface area contributed by atoms with Gasteiger partial charge in [0, 0.05) is 4.88 Å². The molecule has 1 aliphatic carbocycles. The molecule has 3 aromatic heterocycles. The number of fused-ring (bicyclic) bond motifs is 3. The second-order valence-corrected chi connectivity index (χ2v) is 8.14. The summed E-state index contributed by atoms with van der Waals surface area (Å²) in [4.78, 5) is 32.3. The fourth-order valence-corrected chi connectivity index (χ4v) is 5.15. The van der Waals surface area contributed by atoms with E-state index in [0.29, 0.717) is 10.8 Å². The Morgan fingerprint density at radius 1 is 1.48 bits per heavy atom. The van der Waals surface area contributed by atoms with Crippen molar-refractivity contribution in [3.63, 3.8) is 0 Å². The van der Waals surface area contributed by atoms with Crippen LogP contribution in [0.3, 0.4) is 0 Å². The number of hydrogen-bond acceptors (Lipinski definition) is 5. The molecule has 4 rings (SSSR count). The molecule has 0 unspecified atom stereocenters. The second kappa shape index (κ2) is 5.69. The first-order valence-corrected chi connectivity index (χ1v) is 9.39. The van der Waals surface area contributed by atoms with E-state index in [9.17, 15) is 9.59 Å². The fourth-order valence-electron chi connectivity index (χ4n) is 3.15. The van der Waals surface area contributed by atoms with E-state index < -0.39 is 0 Å². The first-order valence-electron chi connectivity index (χ1n) is 7.70. The van der Waals surface area contributed by atoms with Crippen molar-refractivity contribution in [2.75, 3.05) is 0 Å². The highest BCUT2D eigenvalue weighted by Crippen LogP contribution is 2.35. The summed E-state index contributed by atoms with van der Waals surface area (Å²) in [6.07, 6.45) is 4.60. The summed E-state index contributed by atoms with van der Waals surface area (Å²) in [6, 6.07) is 3.64. The number of thiophene rings is 2. The molecule has 0 bridgehead atoms. The number of nitrogens with zero attached hydrogens (tertiary/aromatic N) is 2. The summed E-state index contributed by atoms with van der Waals surface area (Å²) < 4.78 is 1.45. The van der Waals surface area contributed by atoms with Crippen LogP contribution in [0.2, 0.25) is 0 Å². The molecule has 23 heavy (non-hydrogen) atoms. The molecule has 3 aromatic rings. The van der Waals surface area contributed by atoms with E-state index in [-0.39, 0.29) is 17.9 Å². The van der Waals surface area contributed by atoms with Crippen LogP contribution in [-0.4, -0.2) is 15.3 Å².